The fourth-order valence-corrected chi connectivity index (χ4v) is 2.82. The Bertz CT molecular complexity index is 1090. The van der Waals surface area contributed by atoms with Gasteiger partial charge in [0, 0.05) is 5.56 Å². The summed E-state index contributed by atoms with van der Waals surface area (Å²) in [5, 5.41) is 13.2. The van der Waals surface area contributed by atoms with E-state index in [0.29, 0.717) is 5.84 Å². The van der Waals surface area contributed by atoms with Crippen molar-refractivity contribution in [3.05, 3.63) is 121 Å². The fraction of sp³-hybridized carbons (Fsp3) is 0. The van der Waals surface area contributed by atoms with Gasteiger partial charge in [0.15, 0.2) is 0 Å². The monoisotopic (exact) mass is 376 g/mol. The summed E-state index contributed by atoms with van der Waals surface area (Å²) < 4.78 is 0. The summed E-state index contributed by atoms with van der Waals surface area (Å²) >= 11 is 0. The molecule has 1 N–H and O–H groups in total. The maximum absolute atomic E-state index is 4.49. The van der Waals surface area contributed by atoms with Gasteiger partial charge >= 0.3 is 0 Å². The third kappa shape index (κ3) is 5.02. The maximum Gasteiger partial charge on any atom is 0.201 e. The van der Waals surface area contributed by atoms with E-state index in [-0.39, 0.29) is 0 Å². The highest BCUT2D eigenvalue weighted by Crippen LogP contribution is 2.20. The summed E-state index contributed by atoms with van der Waals surface area (Å²) in [5.41, 5.74) is 7.93. The van der Waals surface area contributed by atoms with Gasteiger partial charge in [-0.15, -0.1) is 10.2 Å². The van der Waals surface area contributed by atoms with Crippen molar-refractivity contribution in [1.82, 2.24) is 0 Å². The van der Waals surface area contributed by atoms with Crippen molar-refractivity contribution in [1.29, 1.82) is 0 Å². The zero-order valence-corrected chi connectivity index (χ0v) is 15.8. The lowest BCUT2D eigenvalue weighted by molar-refractivity contribution is 1.22. The molecule has 0 amide bonds. The largest absolute Gasteiger partial charge is 0.276 e. The van der Waals surface area contributed by atoms with Gasteiger partial charge in [-0.25, -0.2) is 0 Å². The van der Waals surface area contributed by atoms with Crippen LogP contribution < -0.4 is 5.43 Å². The smallest absolute Gasteiger partial charge is 0.201 e. The molecule has 4 nitrogen and oxygen atoms in total. The van der Waals surface area contributed by atoms with Crippen LogP contribution >= 0.6 is 0 Å². The summed E-state index contributed by atoms with van der Waals surface area (Å²) in [6, 6.07) is 37.9. The van der Waals surface area contributed by atoms with Gasteiger partial charge in [0.2, 0.25) is 5.84 Å². The molecule has 0 aliphatic rings. The second kappa shape index (κ2) is 9.24. The third-order valence-electron chi connectivity index (χ3n) is 4.33. The van der Waals surface area contributed by atoms with Crippen LogP contribution in [-0.4, -0.2) is 5.84 Å². The van der Waals surface area contributed by atoms with Crippen molar-refractivity contribution < 1.29 is 0 Å². The van der Waals surface area contributed by atoms with Crippen LogP contribution in [0.25, 0.3) is 11.1 Å². The molecule has 29 heavy (non-hydrogen) atoms. The number of hydrogen-bond donors (Lipinski definition) is 1. The van der Waals surface area contributed by atoms with Gasteiger partial charge in [0.25, 0.3) is 0 Å². The Labute approximate surface area is 170 Å². The lowest BCUT2D eigenvalue weighted by Gasteiger charge is -2.05. The topological polar surface area (TPSA) is 49.1 Å². The van der Waals surface area contributed by atoms with Crippen molar-refractivity contribution in [2.75, 3.05) is 5.43 Å². The molecular formula is C25H20N4. The van der Waals surface area contributed by atoms with Gasteiger partial charge in [0.05, 0.1) is 11.4 Å². The van der Waals surface area contributed by atoms with Crippen LogP contribution in [0.1, 0.15) is 5.56 Å². The molecule has 140 valence electrons. The van der Waals surface area contributed by atoms with E-state index in [1.54, 1.807) is 0 Å². The van der Waals surface area contributed by atoms with Crippen molar-refractivity contribution in [3.63, 3.8) is 0 Å². The van der Waals surface area contributed by atoms with Crippen molar-refractivity contribution in [2.45, 2.75) is 0 Å². The summed E-state index contributed by atoms with van der Waals surface area (Å²) in [6.07, 6.45) is 0. The van der Waals surface area contributed by atoms with Crippen LogP contribution in [0, 0.1) is 0 Å². The Kier molecular flexibility index (Phi) is 5.84. The van der Waals surface area contributed by atoms with Crippen molar-refractivity contribution in [2.24, 2.45) is 15.3 Å². The number of hydrogen-bond acceptors (Lipinski definition) is 3. The predicted octanol–water partition coefficient (Wildman–Crippen LogP) is 6.91. The van der Waals surface area contributed by atoms with E-state index in [9.17, 15) is 0 Å². The van der Waals surface area contributed by atoms with Gasteiger partial charge < -0.3 is 0 Å². The Morgan fingerprint density at radius 3 is 1.76 bits per heavy atom. The highest BCUT2D eigenvalue weighted by Gasteiger charge is 2.05. The van der Waals surface area contributed by atoms with Gasteiger partial charge in [-0.1, -0.05) is 91.0 Å². The van der Waals surface area contributed by atoms with Gasteiger partial charge in [-0.2, -0.15) is 5.10 Å². The zero-order valence-electron chi connectivity index (χ0n) is 15.8. The minimum atomic E-state index is 0.511. The van der Waals surface area contributed by atoms with Crippen molar-refractivity contribution in [3.8, 4) is 11.1 Å². The lowest BCUT2D eigenvalue weighted by atomic mass is 10.0. The molecule has 0 saturated carbocycles. The molecule has 0 fully saturated rings. The van der Waals surface area contributed by atoms with Gasteiger partial charge in [0.1, 0.15) is 0 Å². The summed E-state index contributed by atoms with van der Waals surface area (Å²) in [7, 11) is 0. The summed E-state index contributed by atoms with van der Waals surface area (Å²) in [5.74, 6) is 0.511. The first-order valence-corrected chi connectivity index (χ1v) is 9.40. The van der Waals surface area contributed by atoms with Crippen LogP contribution in [0.4, 0.5) is 11.4 Å². The number of anilines is 1. The van der Waals surface area contributed by atoms with Crippen LogP contribution in [0.5, 0.6) is 0 Å². The van der Waals surface area contributed by atoms with E-state index in [4.69, 9.17) is 0 Å². The van der Waals surface area contributed by atoms with Crippen LogP contribution in [0.2, 0.25) is 0 Å². The molecule has 0 aromatic heterocycles. The first-order valence-electron chi connectivity index (χ1n) is 9.40. The van der Waals surface area contributed by atoms with Crippen LogP contribution in [-0.2, 0) is 0 Å². The van der Waals surface area contributed by atoms with Gasteiger partial charge in [-0.3, -0.25) is 5.43 Å². The molecule has 0 bridgehead atoms. The van der Waals surface area contributed by atoms with E-state index in [1.165, 1.54) is 5.56 Å². The minimum Gasteiger partial charge on any atom is -0.276 e. The lowest BCUT2D eigenvalue weighted by Crippen LogP contribution is -2.01. The summed E-state index contributed by atoms with van der Waals surface area (Å²) in [6.45, 7) is 0. The van der Waals surface area contributed by atoms with E-state index >= 15 is 0 Å². The fourth-order valence-electron chi connectivity index (χ4n) is 2.82. The number of nitrogens with one attached hydrogen (secondary N) is 1. The molecular weight excluding hydrogens is 356 g/mol. The Balaban J connectivity index is 1.63. The Morgan fingerprint density at radius 1 is 0.552 bits per heavy atom. The van der Waals surface area contributed by atoms with E-state index in [2.05, 4.69) is 45.0 Å². The molecule has 0 aliphatic heterocycles. The number of para-hydroxylation sites is 1. The Morgan fingerprint density at radius 2 is 1.10 bits per heavy atom. The average molecular weight is 376 g/mol. The molecule has 4 aromatic carbocycles. The molecule has 0 aliphatic carbocycles. The van der Waals surface area contributed by atoms with E-state index < -0.39 is 0 Å². The molecule has 0 atom stereocenters. The van der Waals surface area contributed by atoms with Crippen molar-refractivity contribution >= 4 is 17.2 Å². The normalized spacial score (nSPS) is 11.5. The first kappa shape index (κ1) is 18.3. The molecule has 0 radical (unpaired) electrons. The number of azo groups is 1. The number of rotatable bonds is 5. The molecule has 4 heteroatoms. The number of nitrogens with zero attached hydrogens (tertiary/aromatic N) is 3. The molecule has 0 unspecified atom stereocenters. The number of amidine groups is 1. The highest BCUT2D eigenvalue weighted by atomic mass is 15.3. The highest BCUT2D eigenvalue weighted by molar-refractivity contribution is 6.00. The quantitative estimate of drug-likeness (QED) is 0.175. The second-order valence-electron chi connectivity index (χ2n) is 6.39. The third-order valence-corrected chi connectivity index (χ3v) is 4.33. The Hall–Kier alpha value is -4.05. The number of benzene rings is 4. The SMILES string of the molecule is c1ccc(N=N/C(=N\Nc2ccccc2)c2ccc(-c3ccccc3)cc2)cc1. The molecule has 4 aromatic rings. The average Bonchev–Trinajstić information content (AvgIpc) is 2.81. The first-order chi connectivity index (χ1) is 14.4. The minimum absolute atomic E-state index is 0.511. The predicted molar refractivity (Wildman–Crippen MR) is 119 cm³/mol. The standard InChI is InChI=1S/C25H20N4/c1-4-10-20(11-5-1)21-16-18-22(19-17-21)25(28-26-23-12-6-2-7-13-23)29-27-24-14-8-3-9-15-24/h1-19,26H/b28-25-,29-27?. The summed E-state index contributed by atoms with van der Waals surface area (Å²) in [4.78, 5) is 0. The van der Waals surface area contributed by atoms with Crippen LogP contribution in [0.15, 0.2) is 131 Å². The second-order valence-corrected chi connectivity index (χ2v) is 6.39. The molecule has 0 spiro atoms. The molecule has 0 saturated heterocycles. The van der Waals surface area contributed by atoms with E-state index in [1.807, 2.05) is 91.0 Å². The number of hydrazone groups is 1. The maximum atomic E-state index is 4.49. The molecule has 0 heterocycles. The van der Waals surface area contributed by atoms with E-state index in [0.717, 1.165) is 22.5 Å². The van der Waals surface area contributed by atoms with Gasteiger partial charge in [-0.05, 0) is 35.4 Å². The molecule has 4 rings (SSSR count). The van der Waals surface area contributed by atoms with Crippen LogP contribution in [0.3, 0.4) is 0 Å². The zero-order chi connectivity index (χ0) is 19.7.